The molecule has 4 unspecified atom stereocenters. The van der Waals surface area contributed by atoms with Gasteiger partial charge >= 0.3 is 0 Å². The molecule has 2 aromatic carbocycles. The van der Waals surface area contributed by atoms with E-state index < -0.39 is 0 Å². The van der Waals surface area contributed by atoms with Crippen LogP contribution in [0.4, 0.5) is 0 Å². The van der Waals surface area contributed by atoms with Crippen LogP contribution in [0.2, 0.25) is 0 Å². The number of epoxide rings is 2. The van der Waals surface area contributed by atoms with Crippen LogP contribution in [0.15, 0.2) is 36.4 Å². The zero-order valence-corrected chi connectivity index (χ0v) is 18.1. The number of hydrogen-bond donors (Lipinski definition) is 0. The molecule has 2 bridgehead atoms. The van der Waals surface area contributed by atoms with Gasteiger partial charge in [-0.3, -0.25) is 0 Å². The van der Waals surface area contributed by atoms with Gasteiger partial charge in [0.05, 0.1) is 13.2 Å². The predicted molar refractivity (Wildman–Crippen MR) is 117 cm³/mol. The summed E-state index contributed by atoms with van der Waals surface area (Å²) >= 11 is 0. The topological polar surface area (TPSA) is 43.5 Å². The van der Waals surface area contributed by atoms with E-state index in [1.807, 2.05) is 0 Å². The second kappa shape index (κ2) is 6.48. The molecule has 4 heteroatoms. The fourth-order valence-electron chi connectivity index (χ4n) is 5.50. The van der Waals surface area contributed by atoms with Gasteiger partial charge in [-0.05, 0) is 18.8 Å². The molecule has 3 aliphatic carbocycles. The zero-order valence-electron chi connectivity index (χ0n) is 18.1. The number of hydrogen-bond acceptors (Lipinski definition) is 4. The number of benzene rings is 2. The van der Waals surface area contributed by atoms with Crippen LogP contribution in [0, 0.1) is 5.92 Å². The Morgan fingerprint density at radius 3 is 1.93 bits per heavy atom. The summed E-state index contributed by atoms with van der Waals surface area (Å²) in [5.74, 6) is 2.54. The maximum Gasteiger partial charge on any atom is 0.131 e. The van der Waals surface area contributed by atoms with Crippen LogP contribution in [0.1, 0.15) is 44.7 Å². The summed E-state index contributed by atoms with van der Waals surface area (Å²) in [5.41, 5.74) is 2.62. The Morgan fingerprint density at radius 2 is 1.47 bits per heavy atom. The molecule has 0 spiro atoms. The molecule has 4 nitrogen and oxygen atoms in total. The first-order valence-electron chi connectivity index (χ1n) is 11.3. The zero-order chi connectivity index (χ0) is 20.5. The maximum absolute atomic E-state index is 6.57. The van der Waals surface area contributed by atoms with E-state index in [-0.39, 0.29) is 23.0 Å². The molecule has 2 aliphatic heterocycles. The second-order valence-electron chi connectivity index (χ2n) is 9.93. The summed E-state index contributed by atoms with van der Waals surface area (Å²) < 4.78 is 24.0. The quantitative estimate of drug-likeness (QED) is 0.484. The lowest BCUT2D eigenvalue weighted by atomic mass is 9.52. The molecule has 0 aromatic heterocycles. The lowest BCUT2D eigenvalue weighted by Crippen LogP contribution is -2.45. The van der Waals surface area contributed by atoms with Gasteiger partial charge in [0.2, 0.25) is 0 Å². The van der Waals surface area contributed by atoms with Crippen LogP contribution in [-0.4, -0.2) is 38.6 Å². The molecule has 0 amide bonds. The molecular formula is C26H30O4. The third kappa shape index (κ3) is 2.73. The van der Waals surface area contributed by atoms with E-state index in [2.05, 4.69) is 57.2 Å². The van der Waals surface area contributed by atoms with Crippen LogP contribution in [-0.2, 0) is 20.3 Å². The van der Waals surface area contributed by atoms with Crippen LogP contribution in [0.5, 0.6) is 11.5 Å². The minimum absolute atomic E-state index is 0.0228. The molecule has 30 heavy (non-hydrogen) atoms. The lowest BCUT2D eigenvalue weighted by molar-refractivity contribution is 0.221. The van der Waals surface area contributed by atoms with Crippen LogP contribution in [0.3, 0.4) is 0 Å². The highest BCUT2D eigenvalue weighted by Crippen LogP contribution is 2.62. The molecule has 2 heterocycles. The van der Waals surface area contributed by atoms with E-state index >= 15 is 0 Å². The summed E-state index contributed by atoms with van der Waals surface area (Å²) in [6.07, 6.45) is 7.63. The summed E-state index contributed by atoms with van der Waals surface area (Å²) in [7, 11) is 0. The van der Waals surface area contributed by atoms with Gasteiger partial charge in [-0.2, -0.15) is 0 Å². The van der Waals surface area contributed by atoms with Crippen LogP contribution < -0.4 is 9.47 Å². The van der Waals surface area contributed by atoms with Crippen molar-refractivity contribution >= 4 is 10.8 Å². The Balaban J connectivity index is 1.63. The van der Waals surface area contributed by atoms with Gasteiger partial charge in [0.25, 0.3) is 0 Å². The lowest BCUT2D eigenvalue weighted by Gasteiger charge is -2.52. The van der Waals surface area contributed by atoms with Crippen LogP contribution >= 0.6 is 0 Å². The van der Waals surface area contributed by atoms with Gasteiger partial charge in [-0.15, -0.1) is 0 Å². The minimum Gasteiger partial charge on any atom is -0.490 e. The fraction of sp³-hybridized carbons (Fsp3) is 0.538. The van der Waals surface area contributed by atoms with Gasteiger partial charge in [-0.25, -0.2) is 0 Å². The fourth-order valence-corrected chi connectivity index (χ4v) is 5.50. The third-order valence-corrected chi connectivity index (χ3v) is 7.63. The first-order valence-corrected chi connectivity index (χ1v) is 11.3. The van der Waals surface area contributed by atoms with E-state index in [9.17, 15) is 0 Å². The first-order chi connectivity index (χ1) is 14.5. The molecule has 2 aromatic rings. The van der Waals surface area contributed by atoms with Crippen molar-refractivity contribution in [1.29, 1.82) is 0 Å². The van der Waals surface area contributed by atoms with Crippen molar-refractivity contribution in [3.05, 3.63) is 47.5 Å². The number of fused-ring (bicyclic) bond motifs is 2. The molecule has 7 rings (SSSR count). The Hall–Kier alpha value is -2.04. The minimum atomic E-state index is -0.0378. The second-order valence-corrected chi connectivity index (χ2v) is 9.93. The SMILES string of the molecule is CC(C)C12C=CC(C)(CC1)c1c2c(OCC2CO2)c2ccccc2c1OCC1CO1. The normalized spacial score (nSPS) is 33.1. The van der Waals surface area contributed by atoms with Gasteiger partial charge in [-0.1, -0.05) is 57.2 Å². The highest BCUT2D eigenvalue weighted by Gasteiger charge is 2.52. The number of allylic oxidation sites excluding steroid dienone is 2. The molecule has 0 N–H and O–H groups in total. The van der Waals surface area contributed by atoms with Gasteiger partial charge in [0, 0.05) is 32.7 Å². The van der Waals surface area contributed by atoms with Crippen molar-refractivity contribution in [2.45, 2.75) is 56.7 Å². The molecule has 4 atom stereocenters. The monoisotopic (exact) mass is 406 g/mol. The van der Waals surface area contributed by atoms with Crippen molar-refractivity contribution in [3.63, 3.8) is 0 Å². The van der Waals surface area contributed by atoms with E-state index in [0.29, 0.717) is 19.1 Å². The molecule has 2 saturated heterocycles. The highest BCUT2D eigenvalue weighted by molar-refractivity contribution is 5.98. The maximum atomic E-state index is 6.57. The van der Waals surface area contributed by atoms with E-state index in [4.69, 9.17) is 18.9 Å². The number of rotatable bonds is 7. The van der Waals surface area contributed by atoms with Gasteiger partial charge in [0.1, 0.15) is 36.9 Å². The van der Waals surface area contributed by atoms with Crippen molar-refractivity contribution < 1.29 is 18.9 Å². The van der Waals surface area contributed by atoms with Crippen molar-refractivity contribution in [2.75, 3.05) is 26.4 Å². The third-order valence-electron chi connectivity index (χ3n) is 7.63. The van der Waals surface area contributed by atoms with Crippen molar-refractivity contribution in [2.24, 2.45) is 5.92 Å². The summed E-state index contributed by atoms with van der Waals surface area (Å²) in [6, 6.07) is 8.56. The molecule has 158 valence electrons. The Morgan fingerprint density at radius 1 is 0.900 bits per heavy atom. The molecule has 2 fully saturated rings. The summed E-state index contributed by atoms with van der Waals surface area (Å²) in [6.45, 7) is 9.86. The molecular weight excluding hydrogens is 376 g/mol. The summed E-state index contributed by atoms with van der Waals surface area (Å²) in [4.78, 5) is 0. The molecule has 5 aliphatic rings. The number of ether oxygens (including phenoxy) is 4. The van der Waals surface area contributed by atoms with Crippen molar-refractivity contribution in [1.82, 2.24) is 0 Å². The smallest absolute Gasteiger partial charge is 0.131 e. The van der Waals surface area contributed by atoms with E-state index in [0.717, 1.165) is 48.3 Å². The Kier molecular flexibility index (Phi) is 4.04. The average Bonchev–Trinajstić information content (AvgIpc) is 3.66. The average molecular weight is 407 g/mol. The van der Waals surface area contributed by atoms with Crippen molar-refractivity contribution in [3.8, 4) is 11.5 Å². The van der Waals surface area contributed by atoms with Gasteiger partial charge in [0.15, 0.2) is 0 Å². The highest BCUT2D eigenvalue weighted by atomic mass is 16.6. The van der Waals surface area contributed by atoms with Gasteiger partial charge < -0.3 is 18.9 Å². The standard InChI is InChI=1S/C26H30O4/c1-16(2)26-10-8-25(3,9-11-26)21-22(26)24(30-15-18-13-28-18)20-7-5-4-6-19(20)23(21)29-14-17-12-27-17/h4-8,10,16-18H,9,11-15H2,1-3H3. The predicted octanol–water partition coefficient (Wildman–Crippen LogP) is 4.91. The largest absolute Gasteiger partial charge is 0.490 e. The Labute approximate surface area is 178 Å². The Bertz CT molecular complexity index is 1030. The van der Waals surface area contributed by atoms with E-state index in [1.54, 1.807) is 0 Å². The van der Waals surface area contributed by atoms with E-state index in [1.165, 1.54) is 11.1 Å². The first kappa shape index (κ1) is 18.7. The molecule has 0 saturated carbocycles. The van der Waals surface area contributed by atoms with Crippen LogP contribution in [0.25, 0.3) is 10.8 Å². The summed E-state index contributed by atoms with van der Waals surface area (Å²) in [5, 5.41) is 2.29. The molecule has 0 radical (unpaired) electrons.